The molecule has 1 unspecified atom stereocenters. The topological polar surface area (TPSA) is 30.5 Å². The Balaban J connectivity index is 2.29. The normalized spacial score (nSPS) is 12.2. The molecule has 1 atom stereocenters. The highest BCUT2D eigenvalue weighted by Crippen LogP contribution is 2.30. The lowest BCUT2D eigenvalue weighted by atomic mass is 9.98. The van der Waals surface area contributed by atoms with E-state index in [1.807, 2.05) is 31.3 Å². The Bertz CT molecular complexity index is 573. The molecule has 0 bridgehead atoms. The molecule has 0 aliphatic carbocycles. The smallest absolute Gasteiger partial charge is 0.387 e. The molecule has 2 aromatic carbocycles. The fraction of sp³-hybridized carbons (Fsp3) is 0.250. The van der Waals surface area contributed by atoms with Gasteiger partial charge in [0.15, 0.2) is 0 Å². The Hall–Kier alpha value is -2.14. The van der Waals surface area contributed by atoms with Crippen molar-refractivity contribution in [2.75, 3.05) is 14.2 Å². The molecule has 0 spiro atoms. The van der Waals surface area contributed by atoms with Gasteiger partial charge in [0, 0.05) is 5.56 Å². The number of nitrogens with one attached hydrogen (secondary N) is 1. The highest BCUT2D eigenvalue weighted by atomic mass is 19.3. The van der Waals surface area contributed by atoms with Crippen LogP contribution in [0.4, 0.5) is 8.78 Å². The van der Waals surface area contributed by atoms with Gasteiger partial charge in [-0.2, -0.15) is 8.78 Å². The van der Waals surface area contributed by atoms with Crippen LogP contribution in [0.15, 0.2) is 48.5 Å². The maximum atomic E-state index is 12.2. The third-order valence-electron chi connectivity index (χ3n) is 3.18. The Morgan fingerprint density at radius 1 is 1.00 bits per heavy atom. The highest BCUT2D eigenvalue weighted by molar-refractivity contribution is 5.42. The molecule has 21 heavy (non-hydrogen) atoms. The molecule has 112 valence electrons. The van der Waals surface area contributed by atoms with Crippen LogP contribution in [0.5, 0.6) is 11.5 Å². The summed E-state index contributed by atoms with van der Waals surface area (Å²) < 4.78 is 34.0. The van der Waals surface area contributed by atoms with Gasteiger partial charge in [0.1, 0.15) is 11.5 Å². The van der Waals surface area contributed by atoms with Crippen LogP contribution >= 0.6 is 0 Å². The van der Waals surface area contributed by atoms with Crippen LogP contribution in [-0.2, 0) is 0 Å². The number of halogens is 2. The molecule has 0 saturated heterocycles. The number of alkyl halides is 2. The second-order valence-corrected chi connectivity index (χ2v) is 4.41. The summed E-state index contributed by atoms with van der Waals surface area (Å²) in [6.07, 6.45) is 0. The second-order valence-electron chi connectivity index (χ2n) is 4.41. The van der Waals surface area contributed by atoms with E-state index in [1.165, 1.54) is 12.1 Å². The predicted octanol–water partition coefficient (Wildman–Crippen LogP) is 3.61. The zero-order valence-corrected chi connectivity index (χ0v) is 11.8. The van der Waals surface area contributed by atoms with Crippen molar-refractivity contribution in [3.05, 3.63) is 59.7 Å². The first-order chi connectivity index (χ1) is 10.2. The van der Waals surface area contributed by atoms with Crippen LogP contribution in [0, 0.1) is 0 Å². The summed E-state index contributed by atoms with van der Waals surface area (Å²) >= 11 is 0. The van der Waals surface area contributed by atoms with Crippen molar-refractivity contribution in [3.8, 4) is 11.5 Å². The number of benzene rings is 2. The van der Waals surface area contributed by atoms with E-state index in [2.05, 4.69) is 10.1 Å². The molecule has 0 radical (unpaired) electrons. The van der Waals surface area contributed by atoms with Gasteiger partial charge in [0.25, 0.3) is 0 Å². The van der Waals surface area contributed by atoms with Gasteiger partial charge < -0.3 is 14.8 Å². The Labute approximate surface area is 122 Å². The Morgan fingerprint density at radius 2 is 1.67 bits per heavy atom. The van der Waals surface area contributed by atoms with Crippen molar-refractivity contribution in [2.24, 2.45) is 0 Å². The molecular formula is C16H17F2NO2. The summed E-state index contributed by atoms with van der Waals surface area (Å²) in [5.41, 5.74) is 1.91. The minimum atomic E-state index is -2.81. The maximum absolute atomic E-state index is 12.2. The van der Waals surface area contributed by atoms with Crippen molar-refractivity contribution in [2.45, 2.75) is 12.7 Å². The SMILES string of the molecule is CNC(c1ccc(OC(F)F)cc1)c1ccccc1OC. The minimum absolute atomic E-state index is 0.0956. The minimum Gasteiger partial charge on any atom is -0.496 e. The van der Waals surface area contributed by atoms with Gasteiger partial charge in [-0.1, -0.05) is 30.3 Å². The Kier molecular flexibility index (Phi) is 5.11. The van der Waals surface area contributed by atoms with E-state index < -0.39 is 6.61 Å². The van der Waals surface area contributed by atoms with E-state index in [0.29, 0.717) is 0 Å². The molecule has 0 aliphatic heterocycles. The number of methoxy groups -OCH3 is 1. The van der Waals surface area contributed by atoms with Gasteiger partial charge in [-0.15, -0.1) is 0 Å². The van der Waals surface area contributed by atoms with Gasteiger partial charge in [-0.25, -0.2) is 0 Å². The monoisotopic (exact) mass is 293 g/mol. The van der Waals surface area contributed by atoms with Crippen molar-refractivity contribution in [3.63, 3.8) is 0 Å². The summed E-state index contributed by atoms with van der Waals surface area (Å²) in [5.74, 6) is 0.911. The van der Waals surface area contributed by atoms with Crippen molar-refractivity contribution < 1.29 is 18.3 Å². The second kappa shape index (κ2) is 7.04. The van der Waals surface area contributed by atoms with Crippen LogP contribution in [0.2, 0.25) is 0 Å². The summed E-state index contributed by atoms with van der Waals surface area (Å²) in [5, 5.41) is 3.20. The summed E-state index contributed by atoms with van der Waals surface area (Å²) in [6.45, 7) is -2.81. The molecule has 1 N–H and O–H groups in total. The lowest BCUT2D eigenvalue weighted by Crippen LogP contribution is -2.18. The van der Waals surface area contributed by atoms with E-state index in [4.69, 9.17) is 4.74 Å². The molecular weight excluding hydrogens is 276 g/mol. The molecule has 2 aromatic rings. The van der Waals surface area contributed by atoms with Crippen molar-refractivity contribution in [1.29, 1.82) is 0 Å². The number of hydrogen-bond donors (Lipinski definition) is 1. The molecule has 5 heteroatoms. The molecule has 2 rings (SSSR count). The molecule has 3 nitrogen and oxygen atoms in total. The van der Waals surface area contributed by atoms with E-state index in [9.17, 15) is 8.78 Å². The lowest BCUT2D eigenvalue weighted by molar-refractivity contribution is -0.0498. The van der Waals surface area contributed by atoms with E-state index in [0.717, 1.165) is 16.9 Å². The Morgan fingerprint density at radius 3 is 2.24 bits per heavy atom. The van der Waals surface area contributed by atoms with Gasteiger partial charge >= 0.3 is 6.61 Å². The number of hydrogen-bond acceptors (Lipinski definition) is 3. The third kappa shape index (κ3) is 3.70. The lowest BCUT2D eigenvalue weighted by Gasteiger charge is -2.20. The maximum Gasteiger partial charge on any atom is 0.387 e. The van der Waals surface area contributed by atoms with Crippen molar-refractivity contribution in [1.82, 2.24) is 5.32 Å². The fourth-order valence-electron chi connectivity index (χ4n) is 2.25. The first-order valence-corrected chi connectivity index (χ1v) is 6.50. The summed E-state index contributed by atoms with van der Waals surface area (Å²) in [6, 6.07) is 14.1. The summed E-state index contributed by atoms with van der Waals surface area (Å²) in [4.78, 5) is 0. The van der Waals surface area contributed by atoms with Gasteiger partial charge in [0.2, 0.25) is 0 Å². The van der Waals surface area contributed by atoms with Crippen LogP contribution in [0.1, 0.15) is 17.2 Å². The molecule has 0 aromatic heterocycles. The van der Waals surface area contributed by atoms with Crippen LogP contribution in [0.25, 0.3) is 0 Å². The van der Waals surface area contributed by atoms with E-state index in [-0.39, 0.29) is 11.8 Å². The van der Waals surface area contributed by atoms with E-state index in [1.54, 1.807) is 19.2 Å². The molecule has 0 aliphatic rings. The standard InChI is InChI=1S/C16H17F2NO2/c1-19-15(13-5-3-4-6-14(13)20-2)11-7-9-12(10-8-11)21-16(17)18/h3-10,15-16,19H,1-2H3. The summed E-state index contributed by atoms with van der Waals surface area (Å²) in [7, 11) is 3.45. The molecule has 0 amide bonds. The van der Waals surface area contributed by atoms with E-state index >= 15 is 0 Å². The average molecular weight is 293 g/mol. The van der Waals surface area contributed by atoms with Crippen LogP contribution < -0.4 is 14.8 Å². The largest absolute Gasteiger partial charge is 0.496 e. The molecule has 0 fully saturated rings. The first kappa shape index (κ1) is 15.3. The quantitative estimate of drug-likeness (QED) is 0.882. The van der Waals surface area contributed by atoms with Crippen molar-refractivity contribution >= 4 is 0 Å². The predicted molar refractivity (Wildman–Crippen MR) is 77.0 cm³/mol. The zero-order valence-electron chi connectivity index (χ0n) is 11.8. The number of rotatable bonds is 6. The number of para-hydroxylation sites is 1. The molecule has 0 saturated carbocycles. The average Bonchev–Trinajstić information content (AvgIpc) is 2.49. The van der Waals surface area contributed by atoms with Gasteiger partial charge in [-0.05, 0) is 30.8 Å². The van der Waals surface area contributed by atoms with Gasteiger partial charge in [0.05, 0.1) is 13.2 Å². The zero-order chi connectivity index (χ0) is 15.2. The first-order valence-electron chi connectivity index (χ1n) is 6.50. The van der Waals surface area contributed by atoms with Gasteiger partial charge in [-0.3, -0.25) is 0 Å². The molecule has 0 heterocycles. The van der Waals surface area contributed by atoms with Crippen LogP contribution in [0.3, 0.4) is 0 Å². The third-order valence-corrected chi connectivity index (χ3v) is 3.18. The highest BCUT2D eigenvalue weighted by Gasteiger charge is 2.16. The van der Waals surface area contributed by atoms with Crippen LogP contribution in [-0.4, -0.2) is 20.8 Å². The number of ether oxygens (including phenoxy) is 2. The fourth-order valence-corrected chi connectivity index (χ4v) is 2.25.